The van der Waals surface area contributed by atoms with Gasteiger partial charge in [-0.1, -0.05) is 0 Å². The number of nitrogens with zero attached hydrogens (tertiary/aromatic N) is 4. The maximum Gasteiger partial charge on any atom is 0.245 e. The Morgan fingerprint density at radius 3 is 2.73 bits per heavy atom. The molecule has 2 aliphatic rings. The molecule has 0 aromatic carbocycles. The van der Waals surface area contributed by atoms with Crippen molar-refractivity contribution in [2.24, 2.45) is 0 Å². The topological polar surface area (TPSA) is 98.0 Å². The van der Waals surface area contributed by atoms with Crippen LogP contribution in [0, 0.1) is 0 Å². The van der Waals surface area contributed by atoms with Gasteiger partial charge in [-0.3, -0.25) is 5.10 Å². The van der Waals surface area contributed by atoms with Gasteiger partial charge in [0, 0.05) is 61.6 Å². The number of sulfonamides is 1. The van der Waals surface area contributed by atoms with Gasteiger partial charge in [0.2, 0.25) is 10.0 Å². The van der Waals surface area contributed by atoms with Crippen LogP contribution in [0.1, 0.15) is 24.5 Å². The largest absolute Gasteiger partial charge is 0.353 e. The smallest absolute Gasteiger partial charge is 0.245 e. The lowest BCUT2D eigenvalue weighted by Crippen LogP contribution is -2.48. The molecule has 4 heterocycles. The van der Waals surface area contributed by atoms with Crippen molar-refractivity contribution in [2.45, 2.75) is 23.7 Å². The van der Waals surface area contributed by atoms with Gasteiger partial charge in [0.25, 0.3) is 0 Å². The molecule has 3 aromatic heterocycles. The lowest BCUT2D eigenvalue weighted by Gasteiger charge is -2.33. The molecule has 5 rings (SSSR count). The first-order chi connectivity index (χ1) is 12.6. The summed E-state index contributed by atoms with van der Waals surface area (Å²) in [7, 11) is -3.54. The third kappa shape index (κ3) is 2.58. The zero-order valence-corrected chi connectivity index (χ0v) is 15.0. The molecule has 0 radical (unpaired) electrons. The maximum absolute atomic E-state index is 13.0. The number of aromatic amines is 2. The second kappa shape index (κ2) is 5.82. The monoisotopic (exact) mass is 372 g/mol. The summed E-state index contributed by atoms with van der Waals surface area (Å²) < 4.78 is 27.6. The standard InChI is InChI=1S/C17H20N6O2S/c24-26(25,15-11-19-17-13(15)2-1-5-18-17)23-8-6-22(7-9-23)16-10-14(20-21-16)12-3-4-12/h1-2,5,10-12H,3-4,6-9H2,(H,18,19)(H,20,21). The Kier molecular flexibility index (Phi) is 3.54. The first kappa shape index (κ1) is 15.8. The summed E-state index contributed by atoms with van der Waals surface area (Å²) >= 11 is 0. The molecule has 0 amide bonds. The Labute approximate surface area is 151 Å². The van der Waals surface area contributed by atoms with Crippen LogP contribution in [0.2, 0.25) is 0 Å². The number of nitrogens with one attached hydrogen (secondary N) is 2. The van der Waals surface area contributed by atoms with Crippen LogP contribution in [-0.2, 0) is 10.0 Å². The van der Waals surface area contributed by atoms with Crippen LogP contribution in [0.5, 0.6) is 0 Å². The lowest BCUT2D eigenvalue weighted by atomic mass is 10.3. The van der Waals surface area contributed by atoms with E-state index in [1.807, 2.05) is 0 Å². The van der Waals surface area contributed by atoms with Crippen molar-refractivity contribution in [2.75, 3.05) is 31.1 Å². The highest BCUT2D eigenvalue weighted by Crippen LogP contribution is 2.40. The molecular formula is C17H20N6O2S. The summed E-state index contributed by atoms with van der Waals surface area (Å²) in [6, 6.07) is 5.64. The Morgan fingerprint density at radius 1 is 1.15 bits per heavy atom. The van der Waals surface area contributed by atoms with Gasteiger partial charge in [-0.05, 0) is 25.0 Å². The van der Waals surface area contributed by atoms with Crippen molar-refractivity contribution in [3.05, 3.63) is 36.3 Å². The summed E-state index contributed by atoms with van der Waals surface area (Å²) in [5.41, 5.74) is 1.79. The molecule has 3 aromatic rings. The summed E-state index contributed by atoms with van der Waals surface area (Å²) in [5, 5.41) is 8.15. The number of H-pyrrole nitrogens is 2. The fourth-order valence-electron chi connectivity index (χ4n) is 3.53. The molecule has 0 spiro atoms. The van der Waals surface area contributed by atoms with Gasteiger partial charge in [0.05, 0.1) is 0 Å². The number of pyridine rings is 1. The van der Waals surface area contributed by atoms with Gasteiger partial charge < -0.3 is 9.88 Å². The fraction of sp³-hybridized carbons (Fsp3) is 0.412. The van der Waals surface area contributed by atoms with E-state index in [1.54, 1.807) is 22.6 Å². The summed E-state index contributed by atoms with van der Waals surface area (Å²) in [4.78, 5) is 9.56. The highest BCUT2D eigenvalue weighted by molar-refractivity contribution is 7.89. The van der Waals surface area contributed by atoms with E-state index in [-0.39, 0.29) is 0 Å². The summed E-state index contributed by atoms with van der Waals surface area (Å²) in [5.74, 6) is 1.55. The van der Waals surface area contributed by atoms with Crippen LogP contribution in [0.4, 0.5) is 5.82 Å². The number of hydrogen-bond acceptors (Lipinski definition) is 5. The lowest BCUT2D eigenvalue weighted by molar-refractivity contribution is 0.384. The van der Waals surface area contributed by atoms with Crippen LogP contribution in [0.25, 0.3) is 11.0 Å². The molecule has 1 aliphatic carbocycles. The first-order valence-electron chi connectivity index (χ1n) is 8.85. The van der Waals surface area contributed by atoms with Crippen LogP contribution in [-0.4, -0.2) is 59.1 Å². The number of piperazine rings is 1. The molecule has 1 aliphatic heterocycles. The van der Waals surface area contributed by atoms with Crippen molar-refractivity contribution >= 4 is 26.9 Å². The van der Waals surface area contributed by atoms with Gasteiger partial charge in [0.15, 0.2) is 5.82 Å². The number of rotatable bonds is 4. The minimum absolute atomic E-state index is 0.296. The summed E-state index contributed by atoms with van der Waals surface area (Å²) in [6.45, 7) is 2.16. The minimum Gasteiger partial charge on any atom is -0.353 e. The van der Waals surface area contributed by atoms with Crippen LogP contribution in [0.3, 0.4) is 0 Å². The minimum atomic E-state index is -3.54. The molecule has 0 bridgehead atoms. The predicted octanol–water partition coefficient (Wildman–Crippen LogP) is 1.67. The first-order valence-corrected chi connectivity index (χ1v) is 10.3. The van der Waals surface area contributed by atoms with E-state index in [4.69, 9.17) is 0 Å². The zero-order valence-electron chi connectivity index (χ0n) is 14.2. The highest BCUT2D eigenvalue weighted by atomic mass is 32.2. The molecule has 136 valence electrons. The molecule has 9 heteroatoms. The SMILES string of the molecule is O=S(=O)(c1c[nH]c2ncccc12)N1CCN(c2cc(C3CC3)[nH]n2)CC1. The molecule has 2 N–H and O–H groups in total. The molecule has 0 atom stereocenters. The fourth-order valence-corrected chi connectivity index (χ4v) is 5.10. The van der Waals surface area contributed by atoms with E-state index in [2.05, 4.69) is 31.1 Å². The number of anilines is 1. The van der Waals surface area contributed by atoms with Gasteiger partial charge >= 0.3 is 0 Å². The van der Waals surface area contributed by atoms with Gasteiger partial charge in [0.1, 0.15) is 10.5 Å². The quantitative estimate of drug-likeness (QED) is 0.726. The molecular weight excluding hydrogens is 352 g/mol. The molecule has 1 saturated heterocycles. The van der Waals surface area contributed by atoms with E-state index >= 15 is 0 Å². The highest BCUT2D eigenvalue weighted by Gasteiger charge is 2.32. The van der Waals surface area contributed by atoms with Crippen LogP contribution >= 0.6 is 0 Å². The van der Waals surface area contributed by atoms with E-state index in [9.17, 15) is 8.42 Å². The van der Waals surface area contributed by atoms with Crippen molar-refractivity contribution in [1.29, 1.82) is 0 Å². The van der Waals surface area contributed by atoms with Crippen LogP contribution < -0.4 is 4.90 Å². The Morgan fingerprint density at radius 2 is 1.96 bits per heavy atom. The normalized spacial score (nSPS) is 19.3. The van der Waals surface area contributed by atoms with Crippen molar-refractivity contribution in [1.82, 2.24) is 24.5 Å². The Balaban J connectivity index is 1.33. The molecule has 8 nitrogen and oxygen atoms in total. The summed E-state index contributed by atoms with van der Waals surface area (Å²) in [6.07, 6.45) is 5.64. The number of fused-ring (bicyclic) bond motifs is 1. The predicted molar refractivity (Wildman–Crippen MR) is 97.6 cm³/mol. The Hall–Kier alpha value is -2.39. The molecule has 0 unspecified atom stereocenters. The Bertz CT molecular complexity index is 1040. The van der Waals surface area contributed by atoms with Crippen molar-refractivity contribution < 1.29 is 8.42 Å². The van der Waals surface area contributed by atoms with E-state index < -0.39 is 10.0 Å². The molecule has 1 saturated carbocycles. The van der Waals surface area contributed by atoms with E-state index in [0.29, 0.717) is 48.0 Å². The van der Waals surface area contributed by atoms with Crippen molar-refractivity contribution in [3.8, 4) is 0 Å². The molecule has 26 heavy (non-hydrogen) atoms. The van der Waals surface area contributed by atoms with Crippen molar-refractivity contribution in [3.63, 3.8) is 0 Å². The zero-order chi connectivity index (χ0) is 17.7. The van der Waals surface area contributed by atoms with Crippen LogP contribution in [0.15, 0.2) is 35.5 Å². The number of aromatic nitrogens is 4. The van der Waals surface area contributed by atoms with Gasteiger partial charge in [-0.2, -0.15) is 9.40 Å². The number of hydrogen-bond donors (Lipinski definition) is 2. The van der Waals surface area contributed by atoms with Gasteiger partial charge in [-0.25, -0.2) is 13.4 Å². The maximum atomic E-state index is 13.0. The average Bonchev–Trinajstić information content (AvgIpc) is 3.23. The third-order valence-electron chi connectivity index (χ3n) is 5.19. The second-order valence-corrected chi connectivity index (χ2v) is 8.81. The van der Waals surface area contributed by atoms with E-state index in [0.717, 1.165) is 5.82 Å². The second-order valence-electron chi connectivity index (χ2n) is 6.90. The third-order valence-corrected chi connectivity index (χ3v) is 7.13. The van der Waals surface area contributed by atoms with Gasteiger partial charge in [-0.15, -0.1) is 0 Å². The average molecular weight is 372 g/mol. The van der Waals surface area contributed by atoms with E-state index in [1.165, 1.54) is 24.7 Å². The molecule has 2 fully saturated rings.